The Balaban J connectivity index is 1.72. The van der Waals surface area contributed by atoms with E-state index in [-0.39, 0.29) is 11.9 Å². The van der Waals surface area contributed by atoms with Gasteiger partial charge in [-0.3, -0.25) is 14.5 Å². The number of aryl methyl sites for hydroxylation is 2. The van der Waals surface area contributed by atoms with Gasteiger partial charge in [-0.05, 0) is 63.6 Å². The Morgan fingerprint density at radius 1 is 1.23 bits per heavy atom. The molecule has 0 spiro atoms. The van der Waals surface area contributed by atoms with Crippen LogP contribution in [-0.2, 0) is 14.3 Å². The Bertz CT molecular complexity index is 958. The van der Waals surface area contributed by atoms with Crippen LogP contribution in [0.1, 0.15) is 50.0 Å². The molecule has 1 aromatic carbocycles. The molecule has 1 atom stereocenters. The van der Waals surface area contributed by atoms with Gasteiger partial charge in [0.05, 0.1) is 23.2 Å². The van der Waals surface area contributed by atoms with Gasteiger partial charge in [0.2, 0.25) is 11.8 Å². The second-order valence-corrected chi connectivity index (χ2v) is 8.51. The fourth-order valence-electron chi connectivity index (χ4n) is 4.82. The van der Waals surface area contributed by atoms with E-state index in [9.17, 15) is 9.59 Å². The Morgan fingerprint density at radius 3 is 2.58 bits per heavy atom. The molecule has 1 saturated heterocycles. The van der Waals surface area contributed by atoms with E-state index in [4.69, 9.17) is 15.0 Å². The number of carbonyl (C=O) groups excluding carboxylic acids is 2. The average molecular weight is 427 g/mol. The minimum atomic E-state index is -0.641. The molecule has 166 valence electrons. The predicted molar refractivity (Wildman–Crippen MR) is 118 cm³/mol. The molecule has 31 heavy (non-hydrogen) atoms. The highest BCUT2D eigenvalue weighted by molar-refractivity contribution is 6.06. The van der Waals surface area contributed by atoms with Crippen LogP contribution in [0.15, 0.2) is 22.7 Å². The van der Waals surface area contributed by atoms with Crippen LogP contribution in [-0.4, -0.2) is 42.3 Å². The summed E-state index contributed by atoms with van der Waals surface area (Å²) in [5.41, 5.74) is 9.72. The second kappa shape index (κ2) is 8.70. The highest BCUT2D eigenvalue weighted by Gasteiger charge is 2.37. The summed E-state index contributed by atoms with van der Waals surface area (Å²) in [6.07, 6.45) is 5.00. The molecule has 2 heterocycles. The van der Waals surface area contributed by atoms with Gasteiger partial charge in [0, 0.05) is 25.1 Å². The van der Waals surface area contributed by atoms with Crippen molar-refractivity contribution in [2.45, 2.75) is 70.6 Å². The van der Waals surface area contributed by atoms with E-state index in [1.165, 1.54) is 0 Å². The van der Waals surface area contributed by atoms with E-state index < -0.39 is 11.9 Å². The van der Waals surface area contributed by atoms with Gasteiger partial charge in [-0.1, -0.05) is 11.2 Å². The summed E-state index contributed by atoms with van der Waals surface area (Å²) in [6.45, 7) is 3.75. The van der Waals surface area contributed by atoms with Gasteiger partial charge in [0.1, 0.15) is 11.8 Å². The summed E-state index contributed by atoms with van der Waals surface area (Å²) in [5.74, 6) is 0.132. The molecular formula is C23H30N4O4. The largest absolute Gasteiger partial charge is 0.381 e. The molecule has 1 aromatic heterocycles. The quantitative estimate of drug-likeness (QED) is 0.733. The summed E-state index contributed by atoms with van der Waals surface area (Å²) >= 11 is 0. The Kier molecular flexibility index (Phi) is 6.00. The normalized spacial score (nSPS) is 23.9. The molecule has 1 aliphatic carbocycles. The first-order valence-electron chi connectivity index (χ1n) is 10.9. The monoisotopic (exact) mass is 426 g/mol. The van der Waals surface area contributed by atoms with Crippen molar-refractivity contribution in [3.05, 3.63) is 29.7 Å². The fraction of sp³-hybridized carbons (Fsp3) is 0.522. The SMILES string of the molecule is COC1CCC(Nc2ccc(-c3c(C)noc3C)cc2N2C(=O)CCC2C(N)=O)CC1. The van der Waals surface area contributed by atoms with Crippen molar-refractivity contribution in [1.29, 1.82) is 0 Å². The summed E-state index contributed by atoms with van der Waals surface area (Å²) in [6, 6.07) is 5.55. The zero-order valence-corrected chi connectivity index (χ0v) is 18.3. The van der Waals surface area contributed by atoms with Crippen molar-refractivity contribution in [2.75, 3.05) is 17.3 Å². The van der Waals surface area contributed by atoms with E-state index in [2.05, 4.69) is 10.5 Å². The summed E-state index contributed by atoms with van der Waals surface area (Å²) in [7, 11) is 1.76. The third kappa shape index (κ3) is 4.17. The number of ether oxygens (including phenoxy) is 1. The van der Waals surface area contributed by atoms with Crippen LogP contribution in [0.4, 0.5) is 11.4 Å². The Labute approximate surface area is 182 Å². The lowest BCUT2D eigenvalue weighted by molar-refractivity contribution is -0.121. The van der Waals surface area contributed by atoms with Gasteiger partial charge in [-0.15, -0.1) is 0 Å². The van der Waals surface area contributed by atoms with Crippen molar-refractivity contribution < 1.29 is 18.8 Å². The molecule has 4 rings (SSSR count). The van der Waals surface area contributed by atoms with Gasteiger partial charge in [-0.2, -0.15) is 0 Å². The number of hydrogen-bond donors (Lipinski definition) is 2. The number of anilines is 2. The molecule has 2 aromatic rings. The molecule has 1 saturated carbocycles. The lowest BCUT2D eigenvalue weighted by Gasteiger charge is -2.31. The van der Waals surface area contributed by atoms with Crippen LogP contribution < -0.4 is 16.0 Å². The minimum Gasteiger partial charge on any atom is -0.381 e. The van der Waals surface area contributed by atoms with Gasteiger partial charge >= 0.3 is 0 Å². The lowest BCUT2D eigenvalue weighted by Crippen LogP contribution is -2.43. The number of aromatic nitrogens is 1. The molecular weight excluding hydrogens is 396 g/mol. The highest BCUT2D eigenvalue weighted by atomic mass is 16.5. The third-order valence-corrected chi connectivity index (χ3v) is 6.49. The minimum absolute atomic E-state index is 0.0918. The van der Waals surface area contributed by atoms with E-state index in [0.717, 1.165) is 48.2 Å². The molecule has 8 nitrogen and oxygen atoms in total. The zero-order valence-electron chi connectivity index (χ0n) is 18.3. The first kappa shape index (κ1) is 21.4. The van der Waals surface area contributed by atoms with Crippen LogP contribution in [0.5, 0.6) is 0 Å². The maximum atomic E-state index is 12.8. The molecule has 0 bridgehead atoms. The van der Waals surface area contributed by atoms with E-state index in [0.29, 0.717) is 30.4 Å². The molecule has 8 heteroatoms. The third-order valence-electron chi connectivity index (χ3n) is 6.49. The van der Waals surface area contributed by atoms with Crippen molar-refractivity contribution in [3.8, 4) is 11.1 Å². The first-order valence-corrected chi connectivity index (χ1v) is 10.9. The van der Waals surface area contributed by atoms with E-state index in [1.807, 2.05) is 32.0 Å². The Hall–Kier alpha value is -2.87. The number of benzene rings is 1. The summed E-state index contributed by atoms with van der Waals surface area (Å²) in [5, 5.41) is 7.66. The number of nitrogens with zero attached hydrogens (tertiary/aromatic N) is 2. The predicted octanol–water partition coefficient (Wildman–Crippen LogP) is 3.31. The standard InChI is InChI=1S/C23H30N4O4/c1-13-22(14(2)31-26-13)15-4-9-18(25-16-5-7-17(30-3)8-6-16)20(12-15)27-19(23(24)29)10-11-21(27)28/h4,9,12,16-17,19,25H,5-8,10-11H2,1-3H3,(H2,24,29). The summed E-state index contributed by atoms with van der Waals surface area (Å²) < 4.78 is 10.8. The van der Waals surface area contributed by atoms with Gasteiger partial charge in [-0.25, -0.2) is 0 Å². The van der Waals surface area contributed by atoms with Crippen LogP contribution in [0.2, 0.25) is 0 Å². The van der Waals surface area contributed by atoms with E-state index >= 15 is 0 Å². The molecule has 2 aliphatic rings. The van der Waals surface area contributed by atoms with Crippen molar-refractivity contribution >= 4 is 23.2 Å². The number of nitrogens with one attached hydrogen (secondary N) is 1. The summed E-state index contributed by atoms with van der Waals surface area (Å²) in [4.78, 5) is 26.4. The van der Waals surface area contributed by atoms with Crippen molar-refractivity contribution in [2.24, 2.45) is 5.73 Å². The van der Waals surface area contributed by atoms with Crippen molar-refractivity contribution in [1.82, 2.24) is 5.16 Å². The maximum Gasteiger partial charge on any atom is 0.240 e. The lowest BCUT2D eigenvalue weighted by atomic mass is 9.92. The van der Waals surface area contributed by atoms with Crippen LogP contribution in [0.3, 0.4) is 0 Å². The molecule has 1 unspecified atom stereocenters. The molecule has 0 radical (unpaired) electrons. The van der Waals surface area contributed by atoms with Crippen LogP contribution >= 0.6 is 0 Å². The molecule has 3 N–H and O–H groups in total. The van der Waals surface area contributed by atoms with Gasteiger partial charge in [0.25, 0.3) is 0 Å². The topological polar surface area (TPSA) is 111 Å². The maximum absolute atomic E-state index is 12.8. The van der Waals surface area contributed by atoms with Gasteiger partial charge < -0.3 is 20.3 Å². The fourth-order valence-corrected chi connectivity index (χ4v) is 4.82. The number of nitrogens with two attached hydrogens (primary N) is 1. The number of carbonyl (C=O) groups is 2. The van der Waals surface area contributed by atoms with Gasteiger partial charge in [0.15, 0.2) is 0 Å². The van der Waals surface area contributed by atoms with Crippen molar-refractivity contribution in [3.63, 3.8) is 0 Å². The second-order valence-electron chi connectivity index (χ2n) is 8.51. The molecule has 1 aliphatic heterocycles. The smallest absolute Gasteiger partial charge is 0.240 e. The first-order chi connectivity index (χ1) is 14.9. The van der Waals surface area contributed by atoms with E-state index in [1.54, 1.807) is 12.0 Å². The molecule has 2 fully saturated rings. The van der Waals surface area contributed by atoms with Crippen LogP contribution in [0, 0.1) is 13.8 Å². The number of hydrogen-bond acceptors (Lipinski definition) is 6. The van der Waals surface area contributed by atoms with Crippen LogP contribution in [0.25, 0.3) is 11.1 Å². The Morgan fingerprint density at radius 2 is 1.97 bits per heavy atom. The zero-order chi connectivity index (χ0) is 22.1. The number of amides is 2. The average Bonchev–Trinajstić information content (AvgIpc) is 3.31. The highest BCUT2D eigenvalue weighted by Crippen LogP contribution is 2.39. The molecule has 2 amide bonds. The number of rotatable bonds is 6. The number of primary amides is 1. The number of methoxy groups -OCH3 is 1.